The van der Waals surface area contributed by atoms with Gasteiger partial charge in [-0.05, 0) is 43.2 Å². The molecule has 1 amide bonds. The average molecular weight is 446 g/mol. The molecular weight excluding hydrogens is 422 g/mol. The molecule has 0 unspecified atom stereocenters. The van der Waals surface area contributed by atoms with Crippen LogP contribution in [0.5, 0.6) is 0 Å². The summed E-state index contributed by atoms with van der Waals surface area (Å²) < 4.78 is 30.7. The Kier molecular flexibility index (Phi) is 5.66. The lowest BCUT2D eigenvalue weighted by atomic mass is 10.1. The van der Waals surface area contributed by atoms with Crippen molar-refractivity contribution in [3.63, 3.8) is 0 Å². The lowest BCUT2D eigenvalue weighted by Crippen LogP contribution is -2.32. The summed E-state index contributed by atoms with van der Waals surface area (Å²) in [6.07, 6.45) is 4.12. The quantitative estimate of drug-likeness (QED) is 0.667. The number of aromatic nitrogens is 1. The topological polar surface area (TPSA) is 88.5 Å². The summed E-state index contributed by atoms with van der Waals surface area (Å²) in [6, 6.07) is 11.3. The average Bonchev–Trinajstić information content (AvgIpc) is 2.91. The third kappa shape index (κ3) is 3.99. The highest BCUT2D eigenvalue weighted by Crippen LogP contribution is 2.25. The summed E-state index contributed by atoms with van der Waals surface area (Å²) in [6.45, 7) is 1.37. The summed E-state index contributed by atoms with van der Waals surface area (Å²) >= 11 is 0.999. The molecule has 3 aromatic rings. The van der Waals surface area contributed by atoms with Crippen LogP contribution in [0.4, 0.5) is 5.69 Å². The minimum Gasteiger partial charge on any atom is -0.339 e. The second kappa shape index (κ2) is 8.23. The Hall–Kier alpha value is -2.65. The van der Waals surface area contributed by atoms with Crippen molar-refractivity contribution < 1.29 is 13.2 Å². The highest BCUT2D eigenvalue weighted by atomic mass is 32.2. The van der Waals surface area contributed by atoms with Crippen LogP contribution in [-0.2, 0) is 17.1 Å². The second-order valence-electron chi connectivity index (χ2n) is 7.41. The summed E-state index contributed by atoms with van der Waals surface area (Å²) in [5.41, 5.74) is 1.28. The molecule has 158 valence electrons. The van der Waals surface area contributed by atoms with Crippen LogP contribution in [0.2, 0.25) is 0 Å². The van der Waals surface area contributed by atoms with Crippen molar-refractivity contribution in [2.75, 3.05) is 17.8 Å². The largest absolute Gasteiger partial charge is 0.339 e. The van der Waals surface area contributed by atoms with E-state index < -0.39 is 10.0 Å². The van der Waals surface area contributed by atoms with Crippen molar-refractivity contribution >= 4 is 43.2 Å². The third-order valence-electron chi connectivity index (χ3n) is 5.37. The normalized spacial score (nSPS) is 15.2. The first-order valence-electron chi connectivity index (χ1n) is 9.87. The van der Waals surface area contributed by atoms with Crippen LogP contribution in [-0.4, -0.2) is 36.9 Å². The minimum absolute atomic E-state index is 0.0499. The Bertz CT molecular complexity index is 1250. The van der Waals surface area contributed by atoms with Crippen molar-refractivity contribution in [1.29, 1.82) is 0 Å². The lowest BCUT2D eigenvalue weighted by molar-refractivity contribution is 0.0762. The number of amides is 1. The molecule has 4 rings (SSSR count). The molecule has 0 saturated carbocycles. The lowest BCUT2D eigenvalue weighted by Gasteiger charge is -2.22. The van der Waals surface area contributed by atoms with Crippen LogP contribution in [0.1, 0.15) is 36.0 Å². The van der Waals surface area contributed by atoms with Crippen LogP contribution in [0.15, 0.2) is 52.2 Å². The van der Waals surface area contributed by atoms with Crippen molar-refractivity contribution in [2.24, 2.45) is 7.05 Å². The van der Waals surface area contributed by atoms with E-state index in [4.69, 9.17) is 0 Å². The highest BCUT2D eigenvalue weighted by Gasteiger charge is 2.23. The van der Waals surface area contributed by atoms with Crippen LogP contribution < -0.4 is 9.60 Å². The number of carbonyl (C=O) groups is 1. The predicted octanol–water partition coefficient (Wildman–Crippen LogP) is 3.42. The zero-order valence-corrected chi connectivity index (χ0v) is 18.3. The highest BCUT2D eigenvalue weighted by molar-refractivity contribution is 7.92. The molecule has 1 aliphatic rings. The first-order valence-corrected chi connectivity index (χ1v) is 12.2. The molecular formula is C21H23N3O4S2. The molecule has 0 atom stereocenters. The first kappa shape index (κ1) is 20.6. The summed E-state index contributed by atoms with van der Waals surface area (Å²) in [5.74, 6) is -0.160. The van der Waals surface area contributed by atoms with Gasteiger partial charge in [0.05, 0.1) is 26.4 Å². The minimum atomic E-state index is -3.93. The van der Waals surface area contributed by atoms with Gasteiger partial charge in [0.25, 0.3) is 15.9 Å². The molecule has 1 aromatic heterocycles. The van der Waals surface area contributed by atoms with E-state index in [0.29, 0.717) is 28.9 Å². The molecule has 1 fully saturated rings. The van der Waals surface area contributed by atoms with E-state index in [2.05, 4.69) is 4.72 Å². The van der Waals surface area contributed by atoms with E-state index in [1.807, 2.05) is 0 Å². The molecule has 1 N–H and O–H groups in total. The number of benzene rings is 2. The Labute approximate surface area is 179 Å². The molecule has 1 saturated heterocycles. The number of fused-ring (bicyclic) bond motifs is 1. The first-order chi connectivity index (χ1) is 14.4. The number of hydrogen-bond acceptors (Lipinski definition) is 5. The van der Waals surface area contributed by atoms with Crippen LogP contribution >= 0.6 is 11.3 Å². The van der Waals surface area contributed by atoms with Crippen molar-refractivity contribution in [2.45, 2.75) is 30.6 Å². The number of aryl methyl sites for hydroxylation is 1. The van der Waals surface area contributed by atoms with Gasteiger partial charge in [0.2, 0.25) is 0 Å². The monoisotopic (exact) mass is 445 g/mol. The predicted molar refractivity (Wildman–Crippen MR) is 119 cm³/mol. The molecule has 0 spiro atoms. The molecule has 9 heteroatoms. The van der Waals surface area contributed by atoms with Crippen LogP contribution in [0.25, 0.3) is 10.2 Å². The van der Waals surface area contributed by atoms with Crippen molar-refractivity contribution in [3.8, 4) is 0 Å². The van der Waals surface area contributed by atoms with Gasteiger partial charge in [-0.2, -0.15) is 0 Å². The van der Waals surface area contributed by atoms with E-state index in [0.717, 1.165) is 37.0 Å². The van der Waals surface area contributed by atoms with E-state index in [1.54, 1.807) is 42.3 Å². The van der Waals surface area contributed by atoms with Gasteiger partial charge in [-0.15, -0.1) is 0 Å². The molecule has 0 bridgehead atoms. The van der Waals surface area contributed by atoms with Gasteiger partial charge in [-0.3, -0.25) is 14.3 Å². The van der Waals surface area contributed by atoms with Gasteiger partial charge in [-0.25, -0.2) is 8.42 Å². The number of carbonyl (C=O) groups excluding carboxylic acids is 1. The number of rotatable bonds is 4. The molecule has 0 radical (unpaired) electrons. The van der Waals surface area contributed by atoms with Gasteiger partial charge < -0.3 is 9.47 Å². The zero-order chi connectivity index (χ0) is 21.3. The maximum Gasteiger partial charge on any atom is 0.307 e. The molecule has 2 heterocycles. The van der Waals surface area contributed by atoms with Gasteiger partial charge >= 0.3 is 4.87 Å². The maximum absolute atomic E-state index is 13.1. The molecule has 30 heavy (non-hydrogen) atoms. The zero-order valence-electron chi connectivity index (χ0n) is 16.6. The van der Waals surface area contributed by atoms with Gasteiger partial charge in [0.15, 0.2) is 0 Å². The van der Waals surface area contributed by atoms with Gasteiger partial charge in [0.1, 0.15) is 0 Å². The Balaban J connectivity index is 1.65. The van der Waals surface area contributed by atoms with E-state index in [-0.39, 0.29) is 21.4 Å². The van der Waals surface area contributed by atoms with E-state index in [1.165, 1.54) is 16.7 Å². The standard InChI is InChI=1S/C21H23N3O4S2/c1-23-18-11-10-15(14-19(18)29-21(23)26)30(27,28)22-17-9-5-4-8-16(17)20(25)24-12-6-2-3-7-13-24/h4-5,8-11,14,22H,2-3,6-7,12-13H2,1H3. The number of anilines is 1. The second-order valence-corrected chi connectivity index (χ2v) is 10.1. The molecule has 2 aromatic carbocycles. The van der Waals surface area contributed by atoms with Crippen molar-refractivity contribution in [3.05, 3.63) is 57.7 Å². The number of para-hydroxylation sites is 1. The maximum atomic E-state index is 13.1. The van der Waals surface area contributed by atoms with Gasteiger partial charge in [0, 0.05) is 20.1 Å². The number of hydrogen-bond donors (Lipinski definition) is 1. The van der Waals surface area contributed by atoms with E-state index >= 15 is 0 Å². The number of nitrogens with zero attached hydrogens (tertiary/aromatic N) is 2. The Morgan fingerprint density at radius 1 is 1.03 bits per heavy atom. The van der Waals surface area contributed by atoms with E-state index in [9.17, 15) is 18.0 Å². The summed E-state index contributed by atoms with van der Waals surface area (Å²) in [4.78, 5) is 26.6. The van der Waals surface area contributed by atoms with Crippen LogP contribution in [0, 0.1) is 0 Å². The summed E-state index contributed by atoms with van der Waals surface area (Å²) in [5, 5.41) is 0. The number of thiazole rings is 1. The van der Waals surface area contributed by atoms with Crippen LogP contribution in [0.3, 0.4) is 0 Å². The molecule has 0 aliphatic carbocycles. The fraction of sp³-hybridized carbons (Fsp3) is 0.333. The number of likely N-dealkylation sites (tertiary alicyclic amines) is 1. The fourth-order valence-electron chi connectivity index (χ4n) is 3.69. The Morgan fingerprint density at radius 2 is 1.73 bits per heavy atom. The fourth-order valence-corrected chi connectivity index (χ4v) is 5.79. The molecule has 7 nitrogen and oxygen atoms in total. The smallest absolute Gasteiger partial charge is 0.307 e. The number of nitrogens with one attached hydrogen (secondary N) is 1. The van der Waals surface area contributed by atoms with Crippen molar-refractivity contribution in [1.82, 2.24) is 9.47 Å². The number of sulfonamides is 1. The third-order valence-corrected chi connectivity index (χ3v) is 7.73. The Morgan fingerprint density at radius 3 is 2.47 bits per heavy atom. The molecule has 1 aliphatic heterocycles. The SMILES string of the molecule is Cn1c(=O)sc2cc(S(=O)(=O)Nc3ccccc3C(=O)N3CCCCCC3)ccc21. The van der Waals surface area contributed by atoms with Gasteiger partial charge in [-0.1, -0.05) is 36.3 Å². The summed E-state index contributed by atoms with van der Waals surface area (Å²) in [7, 11) is -2.28.